The summed E-state index contributed by atoms with van der Waals surface area (Å²) >= 11 is 0. The van der Waals surface area contributed by atoms with E-state index in [-0.39, 0.29) is 10.8 Å². The third-order valence-electron chi connectivity index (χ3n) is 4.48. The first-order chi connectivity index (χ1) is 12.9. The molecule has 1 amide bonds. The van der Waals surface area contributed by atoms with E-state index in [1.54, 1.807) is 19.9 Å². The van der Waals surface area contributed by atoms with Crippen LogP contribution in [0.5, 0.6) is 5.75 Å². The standard InChI is InChI=1S/C18H29N3O5S/c1-4-21(5-2)27(23,24)15-7-8-17(26-6-3)16(13-15)19-18(22)14-20-9-11-25-12-10-20/h7-8,13H,4-6,9-12,14H2,1-3H3,(H,19,22)/p+1. The zero-order valence-corrected chi connectivity index (χ0v) is 17.1. The van der Waals surface area contributed by atoms with E-state index >= 15 is 0 Å². The lowest BCUT2D eigenvalue weighted by molar-refractivity contribution is -0.899. The van der Waals surface area contributed by atoms with E-state index in [1.165, 1.54) is 16.4 Å². The average molecular weight is 401 g/mol. The molecule has 2 N–H and O–H groups in total. The first kappa shape index (κ1) is 21.6. The third kappa shape index (κ3) is 5.65. The first-order valence-corrected chi connectivity index (χ1v) is 10.8. The van der Waals surface area contributed by atoms with Crippen molar-refractivity contribution >= 4 is 21.6 Å². The van der Waals surface area contributed by atoms with Crippen molar-refractivity contribution in [3.63, 3.8) is 0 Å². The Hall–Kier alpha value is -1.68. The summed E-state index contributed by atoms with van der Waals surface area (Å²) in [5, 5.41) is 2.82. The summed E-state index contributed by atoms with van der Waals surface area (Å²) in [4.78, 5) is 13.7. The fourth-order valence-electron chi connectivity index (χ4n) is 3.02. The summed E-state index contributed by atoms with van der Waals surface area (Å²) in [5.74, 6) is 0.284. The fraction of sp³-hybridized carbons (Fsp3) is 0.611. The molecule has 8 nitrogen and oxygen atoms in total. The molecule has 0 atom stereocenters. The summed E-state index contributed by atoms with van der Waals surface area (Å²) in [5.41, 5.74) is 0.378. The number of nitrogens with one attached hydrogen (secondary N) is 2. The van der Waals surface area contributed by atoms with E-state index in [0.29, 0.717) is 50.9 Å². The van der Waals surface area contributed by atoms with Crippen molar-refractivity contribution < 1.29 is 27.6 Å². The predicted octanol–water partition coefficient (Wildman–Crippen LogP) is -0.0306. The molecule has 2 rings (SSSR count). The Kier molecular flexibility index (Phi) is 8.03. The number of carbonyl (C=O) groups is 1. The van der Waals surface area contributed by atoms with Crippen LogP contribution in [0.4, 0.5) is 5.69 Å². The molecule has 152 valence electrons. The molecular formula is C18H30N3O5S+. The molecule has 0 saturated carbocycles. The van der Waals surface area contributed by atoms with Crippen molar-refractivity contribution in [3.8, 4) is 5.75 Å². The Morgan fingerprint density at radius 3 is 2.48 bits per heavy atom. The van der Waals surface area contributed by atoms with Gasteiger partial charge in [0.15, 0.2) is 6.54 Å². The van der Waals surface area contributed by atoms with E-state index in [2.05, 4.69) is 5.32 Å². The van der Waals surface area contributed by atoms with Crippen LogP contribution < -0.4 is 15.0 Å². The van der Waals surface area contributed by atoms with Crippen LogP contribution in [0, 0.1) is 0 Å². The van der Waals surface area contributed by atoms with Gasteiger partial charge in [-0.15, -0.1) is 0 Å². The van der Waals surface area contributed by atoms with Gasteiger partial charge in [-0.3, -0.25) is 4.79 Å². The van der Waals surface area contributed by atoms with E-state index in [1.807, 2.05) is 6.92 Å². The molecule has 1 saturated heterocycles. The fourth-order valence-corrected chi connectivity index (χ4v) is 4.50. The molecule has 1 heterocycles. The zero-order valence-electron chi connectivity index (χ0n) is 16.3. The highest BCUT2D eigenvalue weighted by atomic mass is 32.2. The van der Waals surface area contributed by atoms with Crippen LogP contribution in [0.15, 0.2) is 23.1 Å². The van der Waals surface area contributed by atoms with E-state index < -0.39 is 10.0 Å². The number of nitrogens with zero attached hydrogens (tertiary/aromatic N) is 1. The van der Waals surface area contributed by atoms with Crippen molar-refractivity contribution in [2.24, 2.45) is 0 Å². The number of carbonyl (C=O) groups excluding carboxylic acids is 1. The van der Waals surface area contributed by atoms with Crippen LogP contribution in [-0.4, -0.2) is 71.2 Å². The zero-order chi connectivity index (χ0) is 19.9. The van der Waals surface area contributed by atoms with Crippen molar-refractivity contribution in [2.45, 2.75) is 25.7 Å². The topological polar surface area (TPSA) is 89.4 Å². The van der Waals surface area contributed by atoms with E-state index in [0.717, 1.165) is 18.0 Å². The maximum atomic E-state index is 12.8. The molecule has 1 aliphatic heterocycles. The number of rotatable bonds is 9. The molecular weight excluding hydrogens is 370 g/mol. The average Bonchev–Trinajstić information content (AvgIpc) is 2.64. The van der Waals surface area contributed by atoms with Gasteiger partial charge in [0, 0.05) is 13.1 Å². The quantitative estimate of drug-likeness (QED) is 0.608. The summed E-state index contributed by atoms with van der Waals surface area (Å²) in [6.45, 7) is 9.76. The second kappa shape index (κ2) is 10.0. The summed E-state index contributed by atoms with van der Waals surface area (Å²) in [6, 6.07) is 4.59. The van der Waals surface area contributed by atoms with Gasteiger partial charge in [0.05, 0.1) is 30.4 Å². The van der Waals surface area contributed by atoms with E-state index in [4.69, 9.17) is 9.47 Å². The van der Waals surface area contributed by atoms with Gasteiger partial charge in [0.1, 0.15) is 18.8 Å². The number of benzene rings is 1. The highest BCUT2D eigenvalue weighted by molar-refractivity contribution is 7.89. The second-order valence-electron chi connectivity index (χ2n) is 6.27. The number of quaternary nitrogens is 1. The molecule has 27 heavy (non-hydrogen) atoms. The van der Waals surface area contributed by atoms with Crippen LogP contribution in [0.1, 0.15) is 20.8 Å². The maximum Gasteiger partial charge on any atom is 0.279 e. The summed E-state index contributed by atoms with van der Waals surface area (Å²) < 4.78 is 37.8. The number of sulfonamides is 1. The van der Waals surface area contributed by atoms with Crippen molar-refractivity contribution in [1.82, 2.24) is 4.31 Å². The van der Waals surface area contributed by atoms with Crippen LogP contribution >= 0.6 is 0 Å². The summed E-state index contributed by atoms with van der Waals surface area (Å²) in [6.07, 6.45) is 0. The molecule has 0 bridgehead atoms. The van der Waals surface area contributed by atoms with Gasteiger partial charge in [-0.25, -0.2) is 8.42 Å². The molecule has 0 aliphatic carbocycles. The molecule has 9 heteroatoms. The minimum absolute atomic E-state index is 0.142. The molecule has 0 spiro atoms. The van der Waals surface area contributed by atoms with Gasteiger partial charge in [-0.1, -0.05) is 13.8 Å². The van der Waals surface area contributed by atoms with Crippen molar-refractivity contribution in [1.29, 1.82) is 0 Å². The van der Waals surface area contributed by atoms with Crippen LogP contribution in [0.3, 0.4) is 0 Å². The molecule has 0 radical (unpaired) electrons. The maximum absolute atomic E-state index is 12.8. The molecule has 1 aromatic carbocycles. The van der Waals surface area contributed by atoms with E-state index in [9.17, 15) is 13.2 Å². The number of hydrogen-bond acceptors (Lipinski definition) is 5. The van der Waals surface area contributed by atoms with Gasteiger partial charge < -0.3 is 19.7 Å². The Labute approximate surface area is 161 Å². The van der Waals surface area contributed by atoms with Crippen molar-refractivity contribution in [3.05, 3.63) is 18.2 Å². The van der Waals surface area contributed by atoms with Gasteiger partial charge in [-0.05, 0) is 25.1 Å². The van der Waals surface area contributed by atoms with Gasteiger partial charge in [0.2, 0.25) is 10.0 Å². The van der Waals surface area contributed by atoms with Crippen molar-refractivity contribution in [2.75, 3.05) is 57.9 Å². The lowest BCUT2D eigenvalue weighted by Gasteiger charge is -2.23. The summed E-state index contributed by atoms with van der Waals surface area (Å²) in [7, 11) is -3.61. The molecule has 0 unspecified atom stereocenters. The number of hydrogen-bond donors (Lipinski definition) is 2. The monoisotopic (exact) mass is 400 g/mol. The Morgan fingerprint density at radius 1 is 1.22 bits per heavy atom. The molecule has 1 aromatic rings. The Balaban J connectivity index is 2.23. The Bertz CT molecular complexity index is 729. The number of amides is 1. The first-order valence-electron chi connectivity index (χ1n) is 9.40. The van der Waals surface area contributed by atoms with Gasteiger partial charge in [0.25, 0.3) is 5.91 Å². The highest BCUT2D eigenvalue weighted by Crippen LogP contribution is 2.29. The lowest BCUT2D eigenvalue weighted by Crippen LogP contribution is -3.15. The van der Waals surface area contributed by atoms with Gasteiger partial charge in [-0.2, -0.15) is 4.31 Å². The molecule has 0 aromatic heterocycles. The second-order valence-corrected chi connectivity index (χ2v) is 8.21. The smallest absolute Gasteiger partial charge is 0.279 e. The molecule has 1 aliphatic rings. The third-order valence-corrected chi connectivity index (χ3v) is 6.52. The normalized spacial score (nSPS) is 15.7. The minimum atomic E-state index is -3.61. The van der Waals surface area contributed by atoms with Crippen LogP contribution in [0.2, 0.25) is 0 Å². The highest BCUT2D eigenvalue weighted by Gasteiger charge is 2.24. The predicted molar refractivity (Wildman–Crippen MR) is 103 cm³/mol. The minimum Gasteiger partial charge on any atom is -0.492 e. The lowest BCUT2D eigenvalue weighted by atomic mass is 10.3. The number of ether oxygens (including phenoxy) is 2. The van der Waals surface area contributed by atoms with Crippen LogP contribution in [-0.2, 0) is 19.6 Å². The van der Waals surface area contributed by atoms with Gasteiger partial charge >= 0.3 is 0 Å². The van der Waals surface area contributed by atoms with Crippen LogP contribution in [0.25, 0.3) is 0 Å². The molecule has 1 fully saturated rings. The Morgan fingerprint density at radius 2 is 1.89 bits per heavy atom. The SMILES string of the molecule is CCOc1ccc(S(=O)(=O)N(CC)CC)cc1NC(=O)C[NH+]1CCOCC1. The number of morpholine rings is 1. The number of anilines is 1. The largest absolute Gasteiger partial charge is 0.492 e.